The molecule has 0 amide bonds. The lowest BCUT2D eigenvalue weighted by Gasteiger charge is -2.02. The topological polar surface area (TPSA) is 61.0 Å². The minimum absolute atomic E-state index is 0.0803. The number of hydrogen-bond donors (Lipinski definition) is 0. The maximum Gasteiger partial charge on any atom is 0.408 e. The molecule has 1 aromatic heterocycles. The van der Waals surface area contributed by atoms with E-state index in [9.17, 15) is 10.1 Å². The van der Waals surface area contributed by atoms with Crippen LogP contribution in [-0.2, 0) is 6.54 Å². The highest BCUT2D eigenvalue weighted by Gasteiger charge is 2.19. The van der Waals surface area contributed by atoms with Crippen molar-refractivity contribution < 1.29 is 4.92 Å². The highest BCUT2D eigenvalue weighted by Crippen LogP contribution is 2.21. The van der Waals surface area contributed by atoms with Crippen LogP contribution in [0, 0.1) is 16.0 Å². The van der Waals surface area contributed by atoms with Gasteiger partial charge in [-0.25, -0.2) is 0 Å². The van der Waals surface area contributed by atoms with Crippen molar-refractivity contribution in [2.75, 3.05) is 5.33 Å². The second-order valence-electron chi connectivity index (χ2n) is 3.04. The summed E-state index contributed by atoms with van der Waals surface area (Å²) in [6.07, 6.45) is 1.47. The molecule has 1 unspecified atom stereocenters. The van der Waals surface area contributed by atoms with Crippen molar-refractivity contribution in [3.05, 3.63) is 21.3 Å². The molecule has 0 bridgehead atoms. The summed E-state index contributed by atoms with van der Waals surface area (Å²) in [6.45, 7) is 2.62. The molecule has 7 heteroatoms. The monoisotopic (exact) mass is 281 g/mol. The fraction of sp³-hybridized carbons (Fsp3) is 0.571. The van der Waals surface area contributed by atoms with E-state index in [1.807, 2.05) is 6.92 Å². The van der Waals surface area contributed by atoms with E-state index in [-0.39, 0.29) is 10.8 Å². The predicted molar refractivity (Wildman–Crippen MR) is 56.8 cm³/mol. The van der Waals surface area contributed by atoms with E-state index < -0.39 is 4.92 Å². The van der Waals surface area contributed by atoms with Gasteiger partial charge in [0.15, 0.2) is 5.02 Å². The fourth-order valence-corrected chi connectivity index (χ4v) is 1.40. The summed E-state index contributed by atoms with van der Waals surface area (Å²) >= 11 is 8.95. The summed E-state index contributed by atoms with van der Waals surface area (Å²) < 4.78 is 1.49. The van der Waals surface area contributed by atoms with Gasteiger partial charge in [0.05, 0.1) is 17.8 Å². The number of rotatable bonds is 4. The number of nitro groups is 1. The highest BCUT2D eigenvalue weighted by atomic mass is 79.9. The van der Waals surface area contributed by atoms with Crippen molar-refractivity contribution in [2.24, 2.45) is 5.92 Å². The second-order valence-corrected chi connectivity index (χ2v) is 4.09. The van der Waals surface area contributed by atoms with Crippen LogP contribution in [0.1, 0.15) is 6.92 Å². The Morgan fingerprint density at radius 3 is 2.93 bits per heavy atom. The first kappa shape index (κ1) is 11.5. The molecule has 0 aromatic carbocycles. The molecule has 0 spiro atoms. The zero-order valence-corrected chi connectivity index (χ0v) is 9.82. The summed E-state index contributed by atoms with van der Waals surface area (Å²) in [5, 5.41) is 15.1. The predicted octanol–water partition coefficient (Wildman–Crippen LogP) is 2.48. The zero-order valence-electron chi connectivity index (χ0n) is 7.48. The van der Waals surface area contributed by atoms with Gasteiger partial charge in [-0.1, -0.05) is 34.5 Å². The lowest BCUT2D eigenvalue weighted by atomic mass is 10.2. The van der Waals surface area contributed by atoms with Gasteiger partial charge in [0.25, 0.3) is 0 Å². The van der Waals surface area contributed by atoms with Crippen LogP contribution in [0.3, 0.4) is 0 Å². The number of hydrogen-bond acceptors (Lipinski definition) is 3. The Balaban J connectivity index is 2.81. The molecule has 1 heterocycles. The van der Waals surface area contributed by atoms with Crippen LogP contribution in [0.2, 0.25) is 5.02 Å². The third-order valence-electron chi connectivity index (χ3n) is 1.63. The van der Waals surface area contributed by atoms with Crippen molar-refractivity contribution in [3.8, 4) is 0 Å². The summed E-state index contributed by atoms with van der Waals surface area (Å²) in [5.74, 6) is 0.0685. The molecule has 0 aliphatic rings. The molecule has 0 radical (unpaired) electrons. The molecular formula is C7H9BrClN3O2. The summed E-state index contributed by atoms with van der Waals surface area (Å²) in [5.41, 5.74) is 0. The van der Waals surface area contributed by atoms with Gasteiger partial charge in [-0.2, -0.15) is 4.68 Å². The lowest BCUT2D eigenvalue weighted by Crippen LogP contribution is -2.09. The molecule has 0 fully saturated rings. The first-order valence-corrected chi connectivity index (χ1v) is 5.47. The summed E-state index contributed by atoms with van der Waals surface area (Å²) in [7, 11) is 0. The maximum atomic E-state index is 10.4. The average molecular weight is 283 g/mol. The third-order valence-corrected chi connectivity index (χ3v) is 3.01. The van der Waals surface area contributed by atoms with Crippen LogP contribution in [0.15, 0.2) is 6.20 Å². The zero-order chi connectivity index (χ0) is 10.7. The van der Waals surface area contributed by atoms with Crippen molar-refractivity contribution in [1.29, 1.82) is 0 Å². The molecule has 0 aliphatic carbocycles. The van der Waals surface area contributed by atoms with Gasteiger partial charge >= 0.3 is 5.82 Å². The van der Waals surface area contributed by atoms with Crippen LogP contribution in [0.25, 0.3) is 0 Å². The summed E-state index contributed by atoms with van der Waals surface area (Å²) in [6, 6.07) is 0. The van der Waals surface area contributed by atoms with Gasteiger partial charge in [-0.05, 0) is 10.8 Å². The molecule has 14 heavy (non-hydrogen) atoms. The Kier molecular flexibility index (Phi) is 3.88. The lowest BCUT2D eigenvalue weighted by molar-refractivity contribution is -0.389. The van der Waals surface area contributed by atoms with E-state index in [4.69, 9.17) is 11.6 Å². The normalized spacial score (nSPS) is 12.8. The Morgan fingerprint density at radius 1 is 1.86 bits per heavy atom. The quantitative estimate of drug-likeness (QED) is 0.484. The van der Waals surface area contributed by atoms with Crippen molar-refractivity contribution in [1.82, 2.24) is 9.78 Å². The Labute approximate surface area is 94.3 Å². The highest BCUT2D eigenvalue weighted by molar-refractivity contribution is 9.09. The fourth-order valence-electron chi connectivity index (χ4n) is 0.972. The largest absolute Gasteiger partial charge is 0.408 e. The SMILES string of the molecule is CC(CBr)Cn1cc(Cl)c([N+](=O)[O-])n1. The Hall–Kier alpha value is -0.620. The number of halogens is 2. The van der Waals surface area contributed by atoms with Gasteiger partial charge in [-0.15, -0.1) is 0 Å². The van der Waals surface area contributed by atoms with Gasteiger partial charge in [0.1, 0.15) is 0 Å². The molecule has 5 nitrogen and oxygen atoms in total. The maximum absolute atomic E-state index is 10.4. The van der Waals surface area contributed by atoms with Crippen molar-refractivity contribution in [3.63, 3.8) is 0 Å². The summed E-state index contributed by atoms with van der Waals surface area (Å²) in [4.78, 5) is 9.84. The van der Waals surface area contributed by atoms with E-state index in [0.717, 1.165) is 5.33 Å². The van der Waals surface area contributed by atoms with Crippen LogP contribution in [0.5, 0.6) is 0 Å². The van der Waals surface area contributed by atoms with Gasteiger partial charge in [-0.3, -0.25) is 0 Å². The van der Waals surface area contributed by atoms with E-state index in [1.165, 1.54) is 10.9 Å². The number of alkyl halides is 1. The first-order valence-electron chi connectivity index (χ1n) is 3.98. The van der Waals surface area contributed by atoms with Crippen molar-refractivity contribution >= 4 is 33.3 Å². The standard InChI is InChI=1S/C7H9BrClN3O2/c1-5(2-8)3-11-4-6(9)7(10-11)12(13)14/h4-5H,2-3H2,1H3. The molecule has 0 saturated heterocycles. The smallest absolute Gasteiger partial charge is 0.358 e. The molecule has 0 aliphatic heterocycles. The molecular weight excluding hydrogens is 273 g/mol. The third kappa shape index (κ3) is 2.68. The molecule has 1 aromatic rings. The average Bonchev–Trinajstić information content (AvgIpc) is 2.46. The van der Waals surface area contributed by atoms with Gasteiger partial charge in [0, 0.05) is 5.33 Å². The van der Waals surface area contributed by atoms with Gasteiger partial charge < -0.3 is 10.1 Å². The van der Waals surface area contributed by atoms with E-state index in [0.29, 0.717) is 12.5 Å². The van der Waals surface area contributed by atoms with E-state index >= 15 is 0 Å². The Morgan fingerprint density at radius 2 is 2.50 bits per heavy atom. The van der Waals surface area contributed by atoms with Gasteiger partial charge in [0.2, 0.25) is 0 Å². The second kappa shape index (κ2) is 4.75. The van der Waals surface area contributed by atoms with Crippen molar-refractivity contribution in [2.45, 2.75) is 13.5 Å². The molecule has 0 N–H and O–H groups in total. The molecule has 1 atom stereocenters. The number of nitrogens with zero attached hydrogens (tertiary/aromatic N) is 3. The first-order chi connectivity index (χ1) is 6.54. The van der Waals surface area contributed by atoms with Crippen LogP contribution in [-0.4, -0.2) is 20.0 Å². The van der Waals surface area contributed by atoms with E-state index in [2.05, 4.69) is 21.0 Å². The molecule has 1 rings (SSSR count). The van der Waals surface area contributed by atoms with Crippen LogP contribution in [0.4, 0.5) is 5.82 Å². The van der Waals surface area contributed by atoms with Crippen LogP contribution < -0.4 is 0 Å². The number of aromatic nitrogens is 2. The molecule has 78 valence electrons. The van der Waals surface area contributed by atoms with Crippen LogP contribution >= 0.6 is 27.5 Å². The molecule has 0 saturated carbocycles. The minimum Gasteiger partial charge on any atom is -0.358 e. The van der Waals surface area contributed by atoms with E-state index in [1.54, 1.807) is 0 Å². The Bertz CT molecular complexity index is 342. The minimum atomic E-state index is -0.586.